The molecule has 1 atom stereocenters. The Kier molecular flexibility index (Phi) is 4.95. The van der Waals surface area contributed by atoms with Crippen LogP contribution < -0.4 is 10.1 Å². The SMILES string of the molecule is COc1ccccc1[C@H](C)NCc1ccccc1C(=O)O. The van der Waals surface area contributed by atoms with Gasteiger partial charge in [-0.2, -0.15) is 0 Å². The third-order valence-corrected chi connectivity index (χ3v) is 3.45. The molecule has 4 nitrogen and oxygen atoms in total. The summed E-state index contributed by atoms with van der Waals surface area (Å²) in [6.45, 7) is 2.52. The Labute approximate surface area is 124 Å². The monoisotopic (exact) mass is 285 g/mol. The molecule has 0 aliphatic heterocycles. The van der Waals surface area contributed by atoms with Crippen molar-refractivity contribution >= 4 is 5.97 Å². The molecule has 0 aliphatic rings. The van der Waals surface area contributed by atoms with Crippen LogP contribution in [-0.4, -0.2) is 18.2 Å². The number of carbonyl (C=O) groups is 1. The van der Waals surface area contributed by atoms with E-state index < -0.39 is 5.97 Å². The first kappa shape index (κ1) is 15.1. The largest absolute Gasteiger partial charge is 0.496 e. The molecule has 0 amide bonds. The molecule has 0 saturated carbocycles. The van der Waals surface area contributed by atoms with E-state index in [4.69, 9.17) is 4.74 Å². The van der Waals surface area contributed by atoms with Crippen molar-refractivity contribution in [3.8, 4) is 5.75 Å². The summed E-state index contributed by atoms with van der Waals surface area (Å²) in [4.78, 5) is 11.2. The highest BCUT2D eigenvalue weighted by Gasteiger charge is 2.13. The average molecular weight is 285 g/mol. The van der Waals surface area contributed by atoms with Gasteiger partial charge in [0.25, 0.3) is 0 Å². The van der Waals surface area contributed by atoms with Gasteiger partial charge in [-0.3, -0.25) is 0 Å². The number of carboxylic acids is 1. The Morgan fingerprint density at radius 3 is 2.57 bits per heavy atom. The maximum Gasteiger partial charge on any atom is 0.336 e. The molecule has 2 N–H and O–H groups in total. The van der Waals surface area contributed by atoms with Crippen molar-refractivity contribution in [1.82, 2.24) is 5.32 Å². The second-order valence-corrected chi connectivity index (χ2v) is 4.81. The smallest absolute Gasteiger partial charge is 0.336 e. The molecule has 4 heteroatoms. The van der Waals surface area contributed by atoms with Gasteiger partial charge in [-0.25, -0.2) is 4.79 Å². The van der Waals surface area contributed by atoms with Gasteiger partial charge in [0, 0.05) is 18.2 Å². The summed E-state index contributed by atoms with van der Waals surface area (Å²) < 4.78 is 5.35. The highest BCUT2D eigenvalue weighted by atomic mass is 16.5. The molecule has 0 bridgehead atoms. The van der Waals surface area contributed by atoms with Crippen LogP contribution in [-0.2, 0) is 6.54 Å². The molecule has 0 fully saturated rings. The molecule has 0 heterocycles. The lowest BCUT2D eigenvalue weighted by Crippen LogP contribution is -2.20. The Bertz CT molecular complexity index is 625. The quantitative estimate of drug-likeness (QED) is 0.855. The molecular formula is C17H19NO3. The van der Waals surface area contributed by atoms with E-state index in [1.807, 2.05) is 43.3 Å². The number of aromatic carboxylic acids is 1. The molecule has 110 valence electrons. The van der Waals surface area contributed by atoms with Crippen molar-refractivity contribution in [1.29, 1.82) is 0 Å². The molecular weight excluding hydrogens is 266 g/mol. The van der Waals surface area contributed by atoms with E-state index >= 15 is 0 Å². The summed E-state index contributed by atoms with van der Waals surface area (Å²) in [5.41, 5.74) is 2.15. The molecule has 0 unspecified atom stereocenters. The Hall–Kier alpha value is -2.33. The van der Waals surface area contributed by atoms with Gasteiger partial charge in [-0.05, 0) is 24.6 Å². The van der Waals surface area contributed by atoms with Crippen LogP contribution in [0.2, 0.25) is 0 Å². The van der Waals surface area contributed by atoms with Crippen molar-refractivity contribution in [2.24, 2.45) is 0 Å². The van der Waals surface area contributed by atoms with Crippen molar-refractivity contribution in [3.63, 3.8) is 0 Å². The molecule has 21 heavy (non-hydrogen) atoms. The summed E-state index contributed by atoms with van der Waals surface area (Å²) in [6, 6.07) is 14.9. The summed E-state index contributed by atoms with van der Waals surface area (Å²) in [5.74, 6) is -0.0821. The fraction of sp³-hybridized carbons (Fsp3) is 0.235. The molecule has 0 spiro atoms. The van der Waals surface area contributed by atoms with E-state index in [9.17, 15) is 9.90 Å². The van der Waals surface area contributed by atoms with Crippen molar-refractivity contribution in [2.45, 2.75) is 19.5 Å². The van der Waals surface area contributed by atoms with E-state index in [0.717, 1.165) is 16.9 Å². The van der Waals surface area contributed by atoms with Gasteiger partial charge in [0.1, 0.15) is 5.75 Å². The number of hydrogen-bond acceptors (Lipinski definition) is 3. The minimum absolute atomic E-state index is 0.0583. The molecule has 2 aromatic rings. The zero-order valence-electron chi connectivity index (χ0n) is 12.2. The van der Waals surface area contributed by atoms with Crippen LogP contribution in [0.15, 0.2) is 48.5 Å². The third kappa shape index (κ3) is 3.61. The van der Waals surface area contributed by atoms with E-state index in [1.54, 1.807) is 19.2 Å². The van der Waals surface area contributed by atoms with E-state index in [0.29, 0.717) is 12.1 Å². The minimum atomic E-state index is -0.905. The fourth-order valence-corrected chi connectivity index (χ4v) is 2.28. The number of ether oxygens (including phenoxy) is 1. The number of benzene rings is 2. The van der Waals surface area contributed by atoms with Crippen LogP contribution in [0.4, 0.5) is 0 Å². The number of para-hydroxylation sites is 1. The Balaban J connectivity index is 2.11. The van der Waals surface area contributed by atoms with Gasteiger partial charge in [-0.15, -0.1) is 0 Å². The van der Waals surface area contributed by atoms with Crippen LogP contribution in [0, 0.1) is 0 Å². The number of carboxylic acid groups (broad SMARTS) is 1. The number of hydrogen-bond donors (Lipinski definition) is 2. The summed E-state index contributed by atoms with van der Waals surface area (Å²) >= 11 is 0. The second kappa shape index (κ2) is 6.90. The predicted molar refractivity (Wildman–Crippen MR) is 81.7 cm³/mol. The number of methoxy groups -OCH3 is 1. The molecule has 0 saturated heterocycles. The van der Waals surface area contributed by atoms with Gasteiger partial charge < -0.3 is 15.2 Å². The zero-order chi connectivity index (χ0) is 15.2. The highest BCUT2D eigenvalue weighted by molar-refractivity contribution is 5.89. The average Bonchev–Trinajstić information content (AvgIpc) is 2.52. The summed E-state index contributed by atoms with van der Waals surface area (Å²) in [6.07, 6.45) is 0. The summed E-state index contributed by atoms with van der Waals surface area (Å²) in [7, 11) is 1.64. The first-order valence-electron chi connectivity index (χ1n) is 6.81. The fourth-order valence-electron chi connectivity index (χ4n) is 2.28. The topological polar surface area (TPSA) is 58.6 Å². The lowest BCUT2D eigenvalue weighted by Gasteiger charge is -2.18. The van der Waals surface area contributed by atoms with Crippen molar-refractivity contribution in [2.75, 3.05) is 7.11 Å². The van der Waals surface area contributed by atoms with Crippen LogP contribution >= 0.6 is 0 Å². The minimum Gasteiger partial charge on any atom is -0.496 e. The van der Waals surface area contributed by atoms with E-state index in [2.05, 4.69) is 5.32 Å². The Morgan fingerprint density at radius 2 is 1.86 bits per heavy atom. The number of rotatable bonds is 6. The van der Waals surface area contributed by atoms with Crippen molar-refractivity contribution < 1.29 is 14.6 Å². The maximum absolute atomic E-state index is 11.2. The van der Waals surface area contributed by atoms with Gasteiger partial charge in [0.15, 0.2) is 0 Å². The molecule has 0 aromatic heterocycles. The van der Waals surface area contributed by atoms with Gasteiger partial charge in [-0.1, -0.05) is 36.4 Å². The lowest BCUT2D eigenvalue weighted by atomic mass is 10.0. The van der Waals surface area contributed by atoms with Gasteiger partial charge >= 0.3 is 5.97 Å². The number of nitrogens with one attached hydrogen (secondary N) is 1. The third-order valence-electron chi connectivity index (χ3n) is 3.45. The normalized spacial score (nSPS) is 11.9. The second-order valence-electron chi connectivity index (χ2n) is 4.81. The summed E-state index contributed by atoms with van der Waals surface area (Å²) in [5, 5.41) is 12.5. The van der Waals surface area contributed by atoms with Crippen LogP contribution in [0.3, 0.4) is 0 Å². The Morgan fingerprint density at radius 1 is 1.19 bits per heavy atom. The van der Waals surface area contributed by atoms with E-state index in [-0.39, 0.29) is 6.04 Å². The maximum atomic E-state index is 11.2. The molecule has 2 aromatic carbocycles. The molecule has 0 aliphatic carbocycles. The first-order valence-corrected chi connectivity index (χ1v) is 6.81. The standard InChI is InChI=1S/C17H19NO3/c1-12(14-8-5-6-10-16(14)21-2)18-11-13-7-3-4-9-15(13)17(19)20/h3-10,12,18H,11H2,1-2H3,(H,19,20)/t12-/m0/s1. The van der Waals surface area contributed by atoms with Crippen LogP contribution in [0.5, 0.6) is 5.75 Å². The predicted octanol–water partition coefficient (Wildman–Crippen LogP) is 3.24. The van der Waals surface area contributed by atoms with Gasteiger partial charge in [0.2, 0.25) is 0 Å². The van der Waals surface area contributed by atoms with Crippen LogP contribution in [0.1, 0.15) is 34.5 Å². The van der Waals surface area contributed by atoms with E-state index in [1.165, 1.54) is 0 Å². The zero-order valence-corrected chi connectivity index (χ0v) is 12.2. The highest BCUT2D eigenvalue weighted by Crippen LogP contribution is 2.24. The molecule has 0 radical (unpaired) electrons. The lowest BCUT2D eigenvalue weighted by molar-refractivity contribution is 0.0695. The first-order chi connectivity index (χ1) is 10.1. The van der Waals surface area contributed by atoms with Gasteiger partial charge in [0.05, 0.1) is 12.7 Å². The molecule has 2 rings (SSSR count). The van der Waals surface area contributed by atoms with Crippen molar-refractivity contribution in [3.05, 3.63) is 65.2 Å². The van der Waals surface area contributed by atoms with Crippen LogP contribution in [0.25, 0.3) is 0 Å².